The van der Waals surface area contributed by atoms with Crippen molar-refractivity contribution in [2.75, 3.05) is 0 Å². The van der Waals surface area contributed by atoms with E-state index >= 15 is 0 Å². The standard InChI is InChI=1S/C44H42N3O.Pt/c1-27(2)42-39-25-44(22-34-11-7-8-12-35(34)23-44)24-36(39)17-18-41(42)47-31(6)30(5)46-43(47)33-14-10-16-38(21-33)48-37-15-9-13-32(20-37)40-19-28(3)29(4)26-45-40;/h7-19,26-27,43H,22-25H2,1-6H3;/q-1;+2. The van der Waals surface area contributed by atoms with Crippen LogP contribution in [0.5, 0.6) is 11.5 Å². The van der Waals surface area contributed by atoms with Gasteiger partial charge in [0.15, 0.2) is 0 Å². The molecule has 3 aliphatic rings. The van der Waals surface area contributed by atoms with Crippen molar-refractivity contribution in [1.29, 1.82) is 0 Å². The predicted molar refractivity (Wildman–Crippen MR) is 194 cm³/mol. The summed E-state index contributed by atoms with van der Waals surface area (Å²) in [4.78, 5) is 9.84. The molecule has 248 valence electrons. The quantitative estimate of drug-likeness (QED) is 0.126. The molecule has 0 saturated heterocycles. The van der Waals surface area contributed by atoms with Crippen LogP contribution < -0.4 is 4.74 Å². The second-order valence-corrected chi connectivity index (χ2v) is 14.5. The fourth-order valence-electron chi connectivity index (χ4n) is 8.23. The van der Waals surface area contributed by atoms with E-state index < -0.39 is 0 Å². The number of fused-ring (bicyclic) bond motifs is 2. The van der Waals surface area contributed by atoms with Crippen LogP contribution >= 0.6 is 0 Å². The molecule has 1 aliphatic heterocycles. The van der Waals surface area contributed by atoms with E-state index in [0.29, 0.717) is 22.8 Å². The molecule has 2 aliphatic carbocycles. The van der Waals surface area contributed by atoms with Gasteiger partial charge in [-0.25, -0.2) is 4.99 Å². The Hall–Kier alpha value is -4.14. The van der Waals surface area contributed by atoms with Crippen molar-refractivity contribution in [2.45, 2.75) is 79.3 Å². The third kappa shape index (κ3) is 6.03. The van der Waals surface area contributed by atoms with Crippen LogP contribution in [0.3, 0.4) is 0 Å². The molecule has 0 amide bonds. The molecule has 5 heteroatoms. The first-order valence-electron chi connectivity index (χ1n) is 17.2. The smallest absolute Gasteiger partial charge is 0.503 e. The van der Waals surface area contributed by atoms with E-state index in [0.717, 1.165) is 35.4 Å². The average molecular weight is 824 g/mol. The van der Waals surface area contributed by atoms with E-state index in [9.17, 15) is 0 Å². The topological polar surface area (TPSA) is 37.5 Å². The van der Waals surface area contributed by atoms with Crippen LogP contribution in [0.15, 0.2) is 90.1 Å². The van der Waals surface area contributed by atoms with Crippen molar-refractivity contribution in [3.8, 4) is 22.8 Å². The number of nitrogens with zero attached hydrogens (tertiary/aromatic N) is 3. The number of aryl methyl sites for hydroxylation is 2. The molecule has 5 aromatic rings. The SMILES string of the molecule is CC1=NC(c2[c-]c(Oc3[c-]c(-c4cc(C)c(C)cn4)ccc3)ccc2)[N+](c2ccc3c(c2C(C)C)CC2(Cc4ccccc4C2)C3)=C1C.[Pt+2]. The van der Waals surface area contributed by atoms with Crippen LogP contribution in [0.4, 0.5) is 5.69 Å². The molecule has 1 atom stereocenters. The van der Waals surface area contributed by atoms with Crippen LogP contribution in [0.1, 0.15) is 84.3 Å². The number of benzene rings is 4. The molecular formula is C44H42N3OPt+. The zero-order valence-electron chi connectivity index (χ0n) is 29.1. The van der Waals surface area contributed by atoms with Gasteiger partial charge >= 0.3 is 21.1 Å². The Bertz CT molecular complexity index is 2140. The number of ether oxygens (including phenoxy) is 1. The number of hydrogen-bond acceptors (Lipinski definition) is 3. The maximum absolute atomic E-state index is 6.38. The molecule has 0 saturated carbocycles. The summed E-state index contributed by atoms with van der Waals surface area (Å²) in [5.74, 6) is 1.67. The minimum Gasteiger partial charge on any atom is -0.503 e. The minimum atomic E-state index is -0.217. The molecule has 0 bridgehead atoms. The molecule has 2 heterocycles. The van der Waals surface area contributed by atoms with Gasteiger partial charge in [0.05, 0.1) is 0 Å². The molecule has 4 aromatic carbocycles. The van der Waals surface area contributed by atoms with Crippen molar-refractivity contribution >= 4 is 17.1 Å². The van der Waals surface area contributed by atoms with E-state index in [-0.39, 0.29) is 27.2 Å². The summed E-state index contributed by atoms with van der Waals surface area (Å²) < 4.78 is 8.82. The van der Waals surface area contributed by atoms with Crippen molar-refractivity contribution in [1.82, 2.24) is 4.98 Å². The molecule has 1 aromatic heterocycles. The van der Waals surface area contributed by atoms with E-state index in [2.05, 4.69) is 112 Å². The van der Waals surface area contributed by atoms with E-state index in [1.807, 2.05) is 36.5 Å². The van der Waals surface area contributed by atoms with Crippen LogP contribution in [0.2, 0.25) is 0 Å². The molecule has 0 N–H and O–H groups in total. The Morgan fingerprint density at radius 1 is 0.776 bits per heavy atom. The second kappa shape index (κ2) is 13.0. The largest absolute Gasteiger partial charge is 2.00 e. The van der Waals surface area contributed by atoms with Crippen molar-refractivity contribution < 1.29 is 30.4 Å². The summed E-state index contributed by atoms with van der Waals surface area (Å²) in [7, 11) is 0. The van der Waals surface area contributed by atoms with Crippen molar-refractivity contribution in [3.05, 3.63) is 142 Å². The van der Waals surface area contributed by atoms with Crippen molar-refractivity contribution in [2.24, 2.45) is 10.4 Å². The third-order valence-corrected chi connectivity index (χ3v) is 10.8. The maximum atomic E-state index is 6.38. The number of hydrogen-bond donors (Lipinski definition) is 0. The predicted octanol–water partition coefficient (Wildman–Crippen LogP) is 10.0. The summed E-state index contributed by atoms with van der Waals surface area (Å²) in [5, 5.41) is 0. The van der Waals surface area contributed by atoms with Crippen LogP contribution in [0.25, 0.3) is 11.3 Å². The third-order valence-electron chi connectivity index (χ3n) is 10.8. The Morgan fingerprint density at radius 3 is 2.18 bits per heavy atom. The Morgan fingerprint density at radius 2 is 1.47 bits per heavy atom. The van der Waals surface area contributed by atoms with E-state index in [1.165, 1.54) is 57.6 Å². The number of aromatic nitrogens is 1. The van der Waals surface area contributed by atoms with Gasteiger partial charge in [-0.15, -0.1) is 35.9 Å². The van der Waals surface area contributed by atoms with Gasteiger partial charge in [-0.1, -0.05) is 67.4 Å². The van der Waals surface area contributed by atoms with Crippen LogP contribution in [-0.4, -0.2) is 21.0 Å². The minimum absolute atomic E-state index is 0. The fourth-order valence-corrected chi connectivity index (χ4v) is 8.23. The zero-order chi connectivity index (χ0) is 33.2. The summed E-state index contributed by atoms with van der Waals surface area (Å²) in [6, 6.07) is 35.0. The number of rotatable bonds is 6. The Balaban J connectivity index is 0.00000378. The van der Waals surface area contributed by atoms with E-state index in [4.69, 9.17) is 9.73 Å². The van der Waals surface area contributed by atoms with Gasteiger partial charge in [0.2, 0.25) is 11.4 Å². The average Bonchev–Trinajstić information content (AvgIpc) is 3.72. The first-order valence-corrected chi connectivity index (χ1v) is 17.2. The summed E-state index contributed by atoms with van der Waals surface area (Å²) in [6.07, 6.45) is 6.34. The van der Waals surface area contributed by atoms with Gasteiger partial charge in [0.25, 0.3) is 6.17 Å². The Labute approximate surface area is 305 Å². The molecule has 1 unspecified atom stereocenters. The van der Waals surface area contributed by atoms with Gasteiger partial charge in [0.1, 0.15) is 5.71 Å². The van der Waals surface area contributed by atoms with Gasteiger partial charge in [-0.2, -0.15) is 16.7 Å². The van der Waals surface area contributed by atoms with Crippen LogP contribution in [-0.2, 0) is 46.7 Å². The molecule has 49 heavy (non-hydrogen) atoms. The molecular weight excluding hydrogens is 782 g/mol. The first-order chi connectivity index (χ1) is 23.2. The van der Waals surface area contributed by atoms with Gasteiger partial charge in [-0.3, -0.25) is 0 Å². The summed E-state index contributed by atoms with van der Waals surface area (Å²) >= 11 is 0. The van der Waals surface area contributed by atoms with E-state index in [1.54, 1.807) is 5.56 Å². The Kier molecular flexibility index (Phi) is 8.82. The van der Waals surface area contributed by atoms with Gasteiger partial charge in [0, 0.05) is 36.2 Å². The zero-order valence-corrected chi connectivity index (χ0v) is 31.4. The van der Waals surface area contributed by atoms with Crippen LogP contribution in [0, 0.1) is 31.4 Å². The molecule has 0 radical (unpaired) electrons. The first kappa shape index (κ1) is 33.4. The maximum Gasteiger partial charge on any atom is 2.00 e. The monoisotopic (exact) mass is 823 g/mol. The number of aliphatic imine (C=N–C) groups is 1. The van der Waals surface area contributed by atoms with Gasteiger partial charge < -0.3 is 9.72 Å². The second-order valence-electron chi connectivity index (χ2n) is 14.5. The normalized spacial score (nSPS) is 17.3. The van der Waals surface area contributed by atoms with Crippen molar-refractivity contribution in [3.63, 3.8) is 0 Å². The van der Waals surface area contributed by atoms with Gasteiger partial charge in [-0.05, 0) is 91.3 Å². The number of pyridine rings is 1. The summed E-state index contributed by atoms with van der Waals surface area (Å²) in [6.45, 7) is 13.2. The fraction of sp³-hybridized carbons (Fsp3) is 0.295. The molecule has 0 fully saturated rings. The molecule has 8 rings (SSSR count). The molecule has 4 nitrogen and oxygen atoms in total. The summed E-state index contributed by atoms with van der Waals surface area (Å²) in [5.41, 5.74) is 16.6. The molecule has 1 spiro atoms.